The maximum Gasteiger partial charge on any atom is 0.416 e. The number of halogens is 3. The lowest BCUT2D eigenvalue weighted by Gasteiger charge is -2.36. The quantitative estimate of drug-likeness (QED) is 0.876. The Morgan fingerprint density at radius 2 is 1.54 bits per heavy atom. The van der Waals surface area contributed by atoms with Gasteiger partial charge in [-0.05, 0) is 18.1 Å². The van der Waals surface area contributed by atoms with Crippen molar-refractivity contribution in [3.63, 3.8) is 0 Å². The first-order valence-electron chi connectivity index (χ1n) is 7.50. The van der Waals surface area contributed by atoms with E-state index in [0.717, 1.165) is 0 Å². The molecule has 1 N–H and O–H groups in total. The van der Waals surface area contributed by atoms with Crippen molar-refractivity contribution in [1.29, 1.82) is 0 Å². The van der Waals surface area contributed by atoms with E-state index in [1.165, 1.54) is 31.2 Å². The Kier molecular flexibility index (Phi) is 5.49. The highest BCUT2D eigenvalue weighted by atomic mass is 19.4. The molecule has 1 amide bonds. The van der Waals surface area contributed by atoms with Crippen molar-refractivity contribution in [2.24, 2.45) is 0 Å². The molecule has 2 aromatic carbocycles. The van der Waals surface area contributed by atoms with Gasteiger partial charge in [-0.2, -0.15) is 13.2 Å². The molecule has 24 heavy (non-hydrogen) atoms. The molecule has 0 saturated heterocycles. The lowest BCUT2D eigenvalue weighted by atomic mass is 9.83. The van der Waals surface area contributed by atoms with E-state index >= 15 is 0 Å². The van der Waals surface area contributed by atoms with Gasteiger partial charge in [-0.3, -0.25) is 0 Å². The number of ether oxygens (including phenoxy) is 1. The summed E-state index contributed by atoms with van der Waals surface area (Å²) in [7, 11) is 0. The van der Waals surface area contributed by atoms with Crippen molar-refractivity contribution in [2.45, 2.75) is 25.1 Å². The van der Waals surface area contributed by atoms with Crippen molar-refractivity contribution in [2.75, 3.05) is 6.61 Å². The highest BCUT2D eigenvalue weighted by Gasteiger charge is 2.57. The molecule has 0 aliphatic carbocycles. The third-order valence-corrected chi connectivity index (χ3v) is 3.65. The molecule has 0 heterocycles. The highest BCUT2D eigenvalue weighted by Crippen LogP contribution is 2.41. The molecule has 0 aromatic heterocycles. The summed E-state index contributed by atoms with van der Waals surface area (Å²) >= 11 is 0. The second-order valence-electron chi connectivity index (χ2n) is 5.28. The number of hydrogen-bond acceptors (Lipinski definition) is 2. The second kappa shape index (κ2) is 7.38. The third-order valence-electron chi connectivity index (χ3n) is 3.65. The largest absolute Gasteiger partial charge is 0.450 e. The van der Waals surface area contributed by atoms with Gasteiger partial charge < -0.3 is 10.1 Å². The zero-order valence-corrected chi connectivity index (χ0v) is 13.1. The summed E-state index contributed by atoms with van der Waals surface area (Å²) in [6.45, 7) is 1.52. The summed E-state index contributed by atoms with van der Waals surface area (Å²) in [5, 5.41) is 2.05. The van der Waals surface area contributed by atoms with Crippen LogP contribution < -0.4 is 5.32 Å². The molecule has 3 nitrogen and oxygen atoms in total. The van der Waals surface area contributed by atoms with E-state index in [-0.39, 0.29) is 12.2 Å². The van der Waals surface area contributed by atoms with Crippen LogP contribution in [0.1, 0.15) is 18.1 Å². The van der Waals surface area contributed by atoms with Gasteiger partial charge in [0.2, 0.25) is 0 Å². The highest BCUT2D eigenvalue weighted by molar-refractivity contribution is 5.69. The van der Waals surface area contributed by atoms with Crippen LogP contribution in [0, 0.1) is 0 Å². The molecule has 6 heteroatoms. The van der Waals surface area contributed by atoms with Crippen LogP contribution in [0.2, 0.25) is 0 Å². The van der Waals surface area contributed by atoms with Crippen molar-refractivity contribution < 1.29 is 22.7 Å². The first-order valence-corrected chi connectivity index (χ1v) is 7.50. The molecule has 0 fully saturated rings. The number of amides is 1. The van der Waals surface area contributed by atoms with E-state index in [1.54, 1.807) is 36.4 Å². The smallest absolute Gasteiger partial charge is 0.416 e. The minimum atomic E-state index is -4.71. The maximum absolute atomic E-state index is 14.1. The van der Waals surface area contributed by atoms with Crippen LogP contribution in [0.4, 0.5) is 18.0 Å². The molecule has 0 spiro atoms. The van der Waals surface area contributed by atoms with Crippen LogP contribution in [0.5, 0.6) is 0 Å². The fourth-order valence-electron chi connectivity index (χ4n) is 2.52. The van der Waals surface area contributed by atoms with Crippen molar-refractivity contribution in [3.05, 3.63) is 71.8 Å². The summed E-state index contributed by atoms with van der Waals surface area (Å²) < 4.78 is 46.9. The molecular weight excluding hydrogens is 319 g/mol. The Morgan fingerprint density at radius 3 is 2.04 bits per heavy atom. The predicted octanol–water partition coefficient (Wildman–Crippen LogP) is 4.43. The normalized spacial score (nSPS) is 13.8. The average molecular weight is 337 g/mol. The van der Waals surface area contributed by atoms with Crippen LogP contribution in [0.15, 0.2) is 60.7 Å². The Bertz CT molecular complexity index is 659. The van der Waals surface area contributed by atoms with E-state index in [9.17, 15) is 18.0 Å². The lowest BCUT2D eigenvalue weighted by Crippen LogP contribution is -2.57. The molecule has 0 radical (unpaired) electrons. The third kappa shape index (κ3) is 3.88. The molecule has 1 atom stereocenters. The van der Waals surface area contributed by atoms with E-state index < -0.39 is 24.2 Å². The number of alkyl halides is 3. The van der Waals surface area contributed by atoms with Crippen LogP contribution in [-0.2, 0) is 16.7 Å². The number of alkyl carbamates (subject to hydrolysis) is 1. The minimum Gasteiger partial charge on any atom is -0.450 e. The van der Waals surface area contributed by atoms with Gasteiger partial charge in [-0.1, -0.05) is 60.7 Å². The van der Waals surface area contributed by atoms with E-state index in [4.69, 9.17) is 4.74 Å². The first kappa shape index (κ1) is 17.8. The van der Waals surface area contributed by atoms with Gasteiger partial charge in [0, 0.05) is 6.42 Å². The molecule has 128 valence electrons. The predicted molar refractivity (Wildman–Crippen MR) is 84.5 cm³/mol. The topological polar surface area (TPSA) is 38.3 Å². The van der Waals surface area contributed by atoms with Crippen molar-refractivity contribution >= 4 is 6.09 Å². The molecule has 0 aliphatic heterocycles. The molecule has 0 bridgehead atoms. The fourth-order valence-corrected chi connectivity index (χ4v) is 2.52. The summed E-state index contributed by atoms with van der Waals surface area (Å²) in [5.74, 6) is 0. The Balaban J connectivity index is 2.53. The summed E-state index contributed by atoms with van der Waals surface area (Å²) in [6.07, 6.45) is -6.24. The lowest BCUT2D eigenvalue weighted by molar-refractivity contribution is -0.198. The number of nitrogens with one attached hydrogen (secondary N) is 1. The SMILES string of the molecule is CCOC(=O)NC(Cc1ccccc1)(c1ccccc1)C(F)(F)F. The summed E-state index contributed by atoms with van der Waals surface area (Å²) in [6, 6.07) is 15.6. The number of benzene rings is 2. The van der Waals surface area contributed by atoms with E-state index in [2.05, 4.69) is 5.32 Å². The zero-order chi connectivity index (χ0) is 17.6. The van der Waals surface area contributed by atoms with Gasteiger partial charge in [-0.15, -0.1) is 0 Å². The summed E-state index contributed by atoms with van der Waals surface area (Å²) in [4.78, 5) is 11.8. The molecule has 0 aliphatic rings. The van der Waals surface area contributed by atoms with Gasteiger partial charge in [-0.25, -0.2) is 4.79 Å². The Labute approximate surface area is 138 Å². The molecular formula is C18H18F3NO2. The van der Waals surface area contributed by atoms with Gasteiger partial charge in [0.15, 0.2) is 5.54 Å². The maximum atomic E-state index is 14.1. The van der Waals surface area contributed by atoms with Crippen molar-refractivity contribution in [1.82, 2.24) is 5.32 Å². The van der Waals surface area contributed by atoms with Gasteiger partial charge >= 0.3 is 12.3 Å². The zero-order valence-electron chi connectivity index (χ0n) is 13.1. The van der Waals surface area contributed by atoms with Crippen LogP contribution in [0.25, 0.3) is 0 Å². The molecule has 2 aromatic rings. The second-order valence-corrected chi connectivity index (χ2v) is 5.28. The Morgan fingerprint density at radius 1 is 1.00 bits per heavy atom. The average Bonchev–Trinajstić information content (AvgIpc) is 2.55. The van der Waals surface area contributed by atoms with Crippen LogP contribution in [-0.4, -0.2) is 18.9 Å². The van der Waals surface area contributed by atoms with Crippen molar-refractivity contribution in [3.8, 4) is 0 Å². The number of hydrogen-bond donors (Lipinski definition) is 1. The number of rotatable bonds is 5. The summed E-state index contributed by atoms with van der Waals surface area (Å²) in [5.41, 5.74) is -2.16. The van der Waals surface area contributed by atoms with Gasteiger partial charge in [0.05, 0.1) is 6.61 Å². The molecule has 0 saturated carbocycles. The minimum absolute atomic E-state index is 0.0140. The van der Waals surface area contributed by atoms with Gasteiger partial charge in [0.1, 0.15) is 0 Å². The number of carbonyl (C=O) groups excluding carboxylic acids is 1. The monoisotopic (exact) mass is 337 g/mol. The molecule has 2 rings (SSSR count). The van der Waals surface area contributed by atoms with Crippen LogP contribution in [0.3, 0.4) is 0 Å². The molecule has 1 unspecified atom stereocenters. The van der Waals surface area contributed by atoms with E-state index in [0.29, 0.717) is 5.56 Å². The fraction of sp³-hybridized carbons (Fsp3) is 0.278. The number of carbonyl (C=O) groups is 1. The Hall–Kier alpha value is -2.50. The first-order chi connectivity index (χ1) is 11.4. The van der Waals surface area contributed by atoms with Gasteiger partial charge in [0.25, 0.3) is 0 Å². The standard InChI is InChI=1S/C18H18F3NO2/c1-2-24-16(23)22-17(18(19,20)21,15-11-7-4-8-12-15)13-14-9-5-3-6-10-14/h3-12H,2,13H2,1H3,(H,22,23). The van der Waals surface area contributed by atoms with Crippen LogP contribution >= 0.6 is 0 Å². The van der Waals surface area contributed by atoms with E-state index in [1.807, 2.05) is 0 Å².